The van der Waals surface area contributed by atoms with Gasteiger partial charge >= 0.3 is 6.09 Å². The van der Waals surface area contributed by atoms with Crippen LogP contribution in [0.4, 0.5) is 14.9 Å². The number of ether oxygens (including phenoxy) is 1. The van der Waals surface area contributed by atoms with Crippen LogP contribution in [0.15, 0.2) is 24.3 Å². The quantitative estimate of drug-likeness (QED) is 0.547. The number of nitrogens with zero attached hydrogens (tertiary/aromatic N) is 3. The smallest absolute Gasteiger partial charge is 0.408 e. The molecule has 0 bridgehead atoms. The maximum atomic E-state index is 13.2. The van der Waals surface area contributed by atoms with Crippen molar-refractivity contribution in [3.8, 4) is 0 Å². The van der Waals surface area contributed by atoms with Crippen LogP contribution in [0.3, 0.4) is 0 Å². The monoisotopic (exact) mass is 545 g/mol. The van der Waals surface area contributed by atoms with Crippen molar-refractivity contribution in [1.82, 2.24) is 20.4 Å². The van der Waals surface area contributed by atoms with Crippen LogP contribution in [0, 0.1) is 11.2 Å². The molecule has 3 heterocycles. The maximum Gasteiger partial charge on any atom is 0.408 e. The first kappa shape index (κ1) is 29.1. The SMILES string of the molecule is CC[C@H](NC(=O)OC(C)(C)C)C(=O)N1CCC2(CC1)C[C@H](CCN1CCN(c3ccc(F)cc3)CC1)NC2=O. The van der Waals surface area contributed by atoms with Crippen LogP contribution in [-0.4, -0.2) is 91.2 Å². The molecule has 39 heavy (non-hydrogen) atoms. The summed E-state index contributed by atoms with van der Waals surface area (Å²) >= 11 is 0. The standard InChI is InChI=1S/C29H44FN5O4/c1-5-24(32-27(38)39-28(2,3)4)25(36)35-14-11-29(12-15-35)20-22(31-26(29)37)10-13-33-16-18-34(19-17-33)23-8-6-21(30)7-9-23/h6-9,22,24H,5,10-20H2,1-4H3,(H,31,37)(H,32,38)/t22-,24-/m0/s1. The third kappa shape index (κ3) is 7.41. The molecule has 216 valence electrons. The Kier molecular flexibility index (Phi) is 9.03. The fourth-order valence-corrected chi connectivity index (χ4v) is 5.94. The van der Waals surface area contributed by atoms with E-state index >= 15 is 0 Å². The Morgan fingerprint density at radius 1 is 1.10 bits per heavy atom. The van der Waals surface area contributed by atoms with Crippen molar-refractivity contribution < 1.29 is 23.5 Å². The molecule has 3 saturated heterocycles. The molecule has 0 aromatic heterocycles. The van der Waals surface area contributed by atoms with Crippen LogP contribution >= 0.6 is 0 Å². The number of carbonyl (C=O) groups excluding carboxylic acids is 3. The zero-order valence-corrected chi connectivity index (χ0v) is 23.8. The molecule has 0 aliphatic carbocycles. The van der Waals surface area contributed by atoms with E-state index in [0.717, 1.165) is 51.3 Å². The van der Waals surface area contributed by atoms with Gasteiger partial charge in [-0.2, -0.15) is 0 Å². The van der Waals surface area contributed by atoms with Crippen LogP contribution in [-0.2, 0) is 14.3 Å². The molecule has 3 aliphatic rings. The number of amides is 3. The first-order valence-electron chi connectivity index (χ1n) is 14.3. The lowest BCUT2D eigenvalue weighted by molar-refractivity contribution is -0.139. The Morgan fingerprint density at radius 3 is 2.33 bits per heavy atom. The Balaban J connectivity index is 1.21. The van der Waals surface area contributed by atoms with Crippen molar-refractivity contribution >= 4 is 23.6 Å². The molecule has 4 rings (SSSR count). The fourth-order valence-electron chi connectivity index (χ4n) is 5.94. The first-order chi connectivity index (χ1) is 18.5. The van der Waals surface area contributed by atoms with Crippen LogP contribution in [0.2, 0.25) is 0 Å². The van der Waals surface area contributed by atoms with Gasteiger partial charge in [0.1, 0.15) is 17.5 Å². The van der Waals surface area contributed by atoms with E-state index in [9.17, 15) is 18.8 Å². The lowest BCUT2D eigenvalue weighted by atomic mass is 9.75. The second kappa shape index (κ2) is 12.1. The normalized spacial score (nSPS) is 22.5. The Hall–Kier alpha value is -2.88. The number of nitrogens with one attached hydrogen (secondary N) is 2. The van der Waals surface area contributed by atoms with E-state index in [1.54, 1.807) is 25.7 Å². The van der Waals surface area contributed by atoms with Gasteiger partial charge in [0, 0.05) is 57.5 Å². The Bertz CT molecular complexity index is 1010. The highest BCUT2D eigenvalue weighted by Gasteiger charge is 2.49. The number of alkyl carbamates (subject to hydrolysis) is 1. The zero-order chi connectivity index (χ0) is 28.2. The summed E-state index contributed by atoms with van der Waals surface area (Å²) < 4.78 is 18.5. The van der Waals surface area contributed by atoms with Gasteiger partial charge < -0.3 is 25.2 Å². The third-order valence-corrected chi connectivity index (χ3v) is 8.24. The molecular weight excluding hydrogens is 501 g/mol. The Morgan fingerprint density at radius 2 is 1.74 bits per heavy atom. The number of halogens is 1. The molecule has 3 aliphatic heterocycles. The van der Waals surface area contributed by atoms with Crippen molar-refractivity contribution in [2.75, 3.05) is 50.7 Å². The summed E-state index contributed by atoms with van der Waals surface area (Å²) in [5, 5.41) is 5.94. The van der Waals surface area contributed by atoms with E-state index in [1.807, 2.05) is 19.1 Å². The number of hydrogen-bond donors (Lipinski definition) is 2. The maximum absolute atomic E-state index is 13.2. The highest BCUT2D eigenvalue weighted by Crippen LogP contribution is 2.41. The summed E-state index contributed by atoms with van der Waals surface area (Å²) in [6.45, 7) is 12.9. The number of piperazine rings is 1. The Labute approximate surface area is 231 Å². The third-order valence-electron chi connectivity index (χ3n) is 8.24. The molecular formula is C29H44FN5O4. The number of anilines is 1. The van der Waals surface area contributed by atoms with Gasteiger partial charge in [-0.25, -0.2) is 9.18 Å². The summed E-state index contributed by atoms with van der Waals surface area (Å²) in [7, 11) is 0. The molecule has 0 radical (unpaired) electrons. The molecule has 2 atom stereocenters. The van der Waals surface area contributed by atoms with Crippen LogP contribution < -0.4 is 15.5 Å². The van der Waals surface area contributed by atoms with Gasteiger partial charge in [0.2, 0.25) is 11.8 Å². The van der Waals surface area contributed by atoms with E-state index in [4.69, 9.17) is 4.74 Å². The number of likely N-dealkylation sites (tertiary alicyclic amines) is 1. The molecule has 9 nitrogen and oxygen atoms in total. The summed E-state index contributed by atoms with van der Waals surface area (Å²) in [6.07, 6.45) is 2.87. The van der Waals surface area contributed by atoms with Gasteiger partial charge in [-0.05, 0) is 77.1 Å². The largest absolute Gasteiger partial charge is 0.444 e. The molecule has 1 aromatic rings. The predicted molar refractivity (Wildman–Crippen MR) is 148 cm³/mol. The number of piperidine rings is 1. The van der Waals surface area contributed by atoms with E-state index in [2.05, 4.69) is 20.4 Å². The van der Waals surface area contributed by atoms with Gasteiger partial charge in [-0.1, -0.05) is 6.92 Å². The zero-order valence-electron chi connectivity index (χ0n) is 23.8. The van der Waals surface area contributed by atoms with E-state index < -0.39 is 23.2 Å². The van der Waals surface area contributed by atoms with Gasteiger partial charge in [0.15, 0.2) is 0 Å². The van der Waals surface area contributed by atoms with Gasteiger partial charge in [0.05, 0.1) is 5.41 Å². The van der Waals surface area contributed by atoms with Crippen LogP contribution in [0.5, 0.6) is 0 Å². The number of hydrogen-bond acceptors (Lipinski definition) is 6. The molecule has 0 saturated carbocycles. The van der Waals surface area contributed by atoms with E-state index in [0.29, 0.717) is 32.4 Å². The number of carbonyl (C=O) groups is 3. The summed E-state index contributed by atoms with van der Waals surface area (Å²) in [5.74, 6) is -0.223. The average Bonchev–Trinajstić information content (AvgIpc) is 3.20. The van der Waals surface area contributed by atoms with E-state index in [1.165, 1.54) is 12.1 Å². The topological polar surface area (TPSA) is 94.2 Å². The first-order valence-corrected chi connectivity index (χ1v) is 14.3. The van der Waals surface area contributed by atoms with Crippen molar-refractivity contribution in [3.63, 3.8) is 0 Å². The molecule has 0 unspecified atom stereocenters. The summed E-state index contributed by atoms with van der Waals surface area (Å²) in [4.78, 5) is 44.8. The molecule has 1 spiro atoms. The van der Waals surface area contributed by atoms with Crippen LogP contribution in [0.1, 0.15) is 59.8 Å². The summed E-state index contributed by atoms with van der Waals surface area (Å²) in [6, 6.07) is 6.18. The van der Waals surface area contributed by atoms with Gasteiger partial charge in [-0.3, -0.25) is 14.5 Å². The molecule has 1 aromatic carbocycles. The number of benzene rings is 1. The van der Waals surface area contributed by atoms with Gasteiger partial charge in [-0.15, -0.1) is 0 Å². The lowest BCUT2D eigenvalue weighted by Crippen LogP contribution is -2.53. The molecule has 3 fully saturated rings. The average molecular weight is 546 g/mol. The van der Waals surface area contributed by atoms with Crippen LogP contribution in [0.25, 0.3) is 0 Å². The minimum Gasteiger partial charge on any atom is -0.444 e. The van der Waals surface area contributed by atoms with Crippen molar-refractivity contribution in [1.29, 1.82) is 0 Å². The molecule has 3 amide bonds. The second-order valence-corrected chi connectivity index (χ2v) is 12.2. The fraction of sp³-hybridized carbons (Fsp3) is 0.690. The number of rotatable bonds is 7. The minimum atomic E-state index is -0.637. The predicted octanol–water partition coefficient (Wildman–Crippen LogP) is 3.14. The van der Waals surface area contributed by atoms with E-state index in [-0.39, 0.29) is 23.7 Å². The van der Waals surface area contributed by atoms with Crippen molar-refractivity contribution in [3.05, 3.63) is 30.1 Å². The minimum absolute atomic E-state index is 0.111. The molecule has 2 N–H and O–H groups in total. The lowest BCUT2D eigenvalue weighted by Gasteiger charge is -2.39. The van der Waals surface area contributed by atoms with Crippen molar-refractivity contribution in [2.24, 2.45) is 5.41 Å². The summed E-state index contributed by atoms with van der Waals surface area (Å²) in [5.41, 5.74) is 0.00758. The second-order valence-electron chi connectivity index (χ2n) is 12.2. The molecule has 10 heteroatoms. The van der Waals surface area contributed by atoms with Crippen molar-refractivity contribution in [2.45, 2.75) is 77.5 Å². The van der Waals surface area contributed by atoms with Gasteiger partial charge in [0.25, 0.3) is 0 Å². The highest BCUT2D eigenvalue weighted by molar-refractivity contribution is 5.87. The highest BCUT2D eigenvalue weighted by atomic mass is 19.1.